The summed E-state index contributed by atoms with van der Waals surface area (Å²) in [6, 6.07) is 16.6. The first kappa shape index (κ1) is 21.6. The second-order valence-corrected chi connectivity index (χ2v) is 9.08. The lowest BCUT2D eigenvalue weighted by molar-refractivity contribution is -0.126. The number of Topliss-reactive ketones (excluding diaryl/α,β-unsaturated/α-hetero) is 1. The van der Waals surface area contributed by atoms with Gasteiger partial charge in [0.2, 0.25) is 12.7 Å². The number of hydrogen-bond donors (Lipinski definition) is 1. The lowest BCUT2D eigenvalue weighted by Gasteiger charge is -2.35. The smallest absolute Gasteiger partial charge is 0.250 e. The van der Waals surface area contributed by atoms with Gasteiger partial charge in [-0.05, 0) is 61.1 Å². The molecule has 6 rings (SSSR count). The van der Waals surface area contributed by atoms with E-state index in [9.17, 15) is 14.0 Å². The van der Waals surface area contributed by atoms with Crippen molar-refractivity contribution < 1.29 is 28.2 Å². The van der Waals surface area contributed by atoms with Gasteiger partial charge in [0.25, 0.3) is 0 Å². The second-order valence-electron chi connectivity index (χ2n) is 9.08. The Labute approximate surface area is 201 Å². The van der Waals surface area contributed by atoms with Crippen LogP contribution in [-0.2, 0) is 10.3 Å². The molecule has 1 unspecified atom stereocenters. The van der Waals surface area contributed by atoms with E-state index in [1.54, 1.807) is 49.6 Å². The maximum absolute atomic E-state index is 14.3. The number of fused-ring (bicyclic) bond motifs is 3. The molecule has 1 spiro atoms. The molecule has 8 heteroatoms. The zero-order valence-electron chi connectivity index (χ0n) is 19.2. The Hall–Kier alpha value is -3.91. The van der Waals surface area contributed by atoms with Gasteiger partial charge >= 0.3 is 0 Å². The summed E-state index contributed by atoms with van der Waals surface area (Å²) in [7, 11) is 3.41. The molecule has 1 fully saturated rings. The number of carbonyl (C=O) groups is 2. The van der Waals surface area contributed by atoms with Gasteiger partial charge in [0, 0.05) is 29.3 Å². The standard InChI is InChI=1S/C27H23FN2O5/c1-30-13-19(15-3-6-17(28)7-4-15)24(25(31)16-5-10-22-23(11-16)35-14-34-22)27(30)20-12-18(33-2)8-9-21(20)29-26(27)32/h3-12,19,24H,13-14H2,1-2H3,(H,29,32)/t19-,24?,27-/m1/s1. The van der Waals surface area contributed by atoms with E-state index in [0.717, 1.165) is 5.56 Å². The predicted octanol–water partition coefficient (Wildman–Crippen LogP) is 3.94. The van der Waals surface area contributed by atoms with Crippen molar-refractivity contribution in [1.29, 1.82) is 0 Å². The minimum Gasteiger partial charge on any atom is -0.497 e. The van der Waals surface area contributed by atoms with E-state index in [1.807, 2.05) is 18.0 Å². The van der Waals surface area contributed by atoms with Gasteiger partial charge in [-0.25, -0.2) is 4.39 Å². The van der Waals surface area contributed by atoms with Crippen LogP contribution in [0.1, 0.15) is 27.4 Å². The fraction of sp³-hybridized carbons (Fsp3) is 0.259. The predicted molar refractivity (Wildman–Crippen MR) is 125 cm³/mol. The van der Waals surface area contributed by atoms with E-state index in [1.165, 1.54) is 12.1 Å². The van der Waals surface area contributed by atoms with Crippen LogP contribution in [0.5, 0.6) is 17.2 Å². The van der Waals surface area contributed by atoms with Crippen molar-refractivity contribution in [2.75, 3.05) is 32.8 Å². The minimum atomic E-state index is -1.27. The van der Waals surface area contributed by atoms with E-state index >= 15 is 0 Å². The Morgan fingerprint density at radius 3 is 2.63 bits per heavy atom. The van der Waals surface area contributed by atoms with Crippen LogP contribution in [-0.4, -0.2) is 44.1 Å². The Morgan fingerprint density at radius 2 is 1.86 bits per heavy atom. The van der Waals surface area contributed by atoms with Crippen LogP contribution in [0, 0.1) is 11.7 Å². The van der Waals surface area contributed by atoms with Gasteiger partial charge < -0.3 is 19.5 Å². The average molecular weight is 474 g/mol. The summed E-state index contributed by atoms with van der Waals surface area (Å²) in [5.41, 5.74) is 1.28. The van der Waals surface area contributed by atoms with Gasteiger partial charge in [-0.2, -0.15) is 0 Å². The Balaban J connectivity index is 1.55. The number of hydrogen-bond acceptors (Lipinski definition) is 6. The topological polar surface area (TPSA) is 77.1 Å². The van der Waals surface area contributed by atoms with Crippen molar-refractivity contribution in [3.63, 3.8) is 0 Å². The fourth-order valence-electron chi connectivity index (χ4n) is 5.79. The molecule has 3 aliphatic heterocycles. The molecule has 3 aliphatic rings. The van der Waals surface area contributed by atoms with Gasteiger partial charge in [-0.3, -0.25) is 14.5 Å². The Bertz CT molecular complexity index is 1360. The highest BCUT2D eigenvalue weighted by Crippen LogP contribution is 2.56. The molecule has 0 bridgehead atoms. The zero-order valence-corrected chi connectivity index (χ0v) is 19.2. The largest absolute Gasteiger partial charge is 0.497 e. The summed E-state index contributed by atoms with van der Waals surface area (Å²) < 4.78 is 30.1. The number of likely N-dealkylation sites (tertiary alicyclic amines) is 1. The van der Waals surface area contributed by atoms with Crippen LogP contribution in [0.4, 0.5) is 10.1 Å². The molecule has 1 N–H and O–H groups in total. The minimum absolute atomic E-state index is 0.0941. The van der Waals surface area contributed by atoms with Gasteiger partial charge in [-0.1, -0.05) is 12.1 Å². The number of methoxy groups -OCH3 is 1. The summed E-state index contributed by atoms with van der Waals surface area (Å²) in [6.45, 7) is 0.521. The number of carbonyl (C=O) groups excluding carboxylic acids is 2. The van der Waals surface area contributed by atoms with Crippen LogP contribution in [0.15, 0.2) is 60.7 Å². The Kier molecular flexibility index (Phi) is 4.82. The first-order valence-electron chi connectivity index (χ1n) is 11.3. The molecule has 1 amide bonds. The number of nitrogens with zero attached hydrogens (tertiary/aromatic N) is 1. The third-order valence-corrected chi connectivity index (χ3v) is 7.39. The summed E-state index contributed by atoms with van der Waals surface area (Å²) in [4.78, 5) is 30.0. The third-order valence-electron chi connectivity index (χ3n) is 7.39. The maximum atomic E-state index is 14.3. The third kappa shape index (κ3) is 3.06. The van der Waals surface area contributed by atoms with Crippen LogP contribution < -0.4 is 19.5 Å². The molecular weight excluding hydrogens is 451 g/mol. The van der Waals surface area contributed by atoms with Gasteiger partial charge in [0.1, 0.15) is 17.1 Å². The Morgan fingerprint density at radius 1 is 1.09 bits per heavy atom. The first-order valence-corrected chi connectivity index (χ1v) is 11.3. The molecule has 0 aliphatic carbocycles. The molecule has 3 atom stereocenters. The number of amides is 1. The molecule has 3 aromatic carbocycles. The van der Waals surface area contributed by atoms with E-state index in [0.29, 0.717) is 40.6 Å². The highest BCUT2D eigenvalue weighted by Gasteiger charge is 2.64. The van der Waals surface area contributed by atoms with Crippen molar-refractivity contribution in [3.05, 3.63) is 83.2 Å². The maximum Gasteiger partial charge on any atom is 0.250 e. The number of anilines is 1. The number of ether oxygens (including phenoxy) is 3. The highest BCUT2D eigenvalue weighted by atomic mass is 19.1. The van der Waals surface area contributed by atoms with E-state index in [-0.39, 0.29) is 30.2 Å². The van der Waals surface area contributed by atoms with Crippen molar-refractivity contribution >= 4 is 17.4 Å². The van der Waals surface area contributed by atoms with Crippen LogP contribution in [0.2, 0.25) is 0 Å². The SMILES string of the molecule is COc1ccc2c(c1)[C@]1(C(=O)N2)C(C(=O)c2ccc3c(c2)OCO3)[C@@H](c2ccc(F)cc2)CN1C. The quantitative estimate of drug-likeness (QED) is 0.578. The zero-order chi connectivity index (χ0) is 24.3. The van der Waals surface area contributed by atoms with Crippen LogP contribution >= 0.6 is 0 Å². The molecule has 7 nitrogen and oxygen atoms in total. The first-order chi connectivity index (χ1) is 16.9. The van der Waals surface area contributed by atoms with E-state index in [2.05, 4.69) is 5.32 Å². The summed E-state index contributed by atoms with van der Waals surface area (Å²) in [6.07, 6.45) is 0. The molecule has 0 saturated carbocycles. The van der Waals surface area contributed by atoms with Gasteiger partial charge in [0.05, 0.1) is 13.0 Å². The summed E-state index contributed by atoms with van der Waals surface area (Å²) in [5.74, 6) is -0.321. The number of halogens is 1. The van der Waals surface area contributed by atoms with Crippen molar-refractivity contribution in [2.24, 2.45) is 5.92 Å². The van der Waals surface area contributed by atoms with Gasteiger partial charge in [0.15, 0.2) is 17.3 Å². The highest BCUT2D eigenvalue weighted by molar-refractivity contribution is 6.12. The van der Waals surface area contributed by atoms with Crippen LogP contribution in [0.25, 0.3) is 0 Å². The van der Waals surface area contributed by atoms with Crippen LogP contribution in [0.3, 0.4) is 0 Å². The second kappa shape index (κ2) is 7.81. The fourth-order valence-corrected chi connectivity index (χ4v) is 5.79. The normalized spacial score (nSPS) is 24.5. The van der Waals surface area contributed by atoms with Crippen molar-refractivity contribution in [3.8, 4) is 17.2 Å². The van der Waals surface area contributed by atoms with Crippen molar-refractivity contribution in [1.82, 2.24) is 4.90 Å². The number of benzene rings is 3. The molecule has 0 aromatic heterocycles. The number of rotatable bonds is 4. The number of nitrogens with one attached hydrogen (secondary N) is 1. The lowest BCUT2D eigenvalue weighted by atomic mass is 9.70. The lowest BCUT2D eigenvalue weighted by Crippen LogP contribution is -2.51. The summed E-state index contributed by atoms with van der Waals surface area (Å²) in [5, 5.41) is 2.98. The molecule has 0 radical (unpaired) electrons. The molecule has 3 aromatic rings. The molecule has 3 heterocycles. The van der Waals surface area contributed by atoms with Crippen molar-refractivity contribution in [2.45, 2.75) is 11.5 Å². The monoisotopic (exact) mass is 474 g/mol. The average Bonchev–Trinajstić information content (AvgIpc) is 3.54. The number of likely N-dealkylation sites (N-methyl/N-ethyl adjacent to an activating group) is 1. The summed E-state index contributed by atoms with van der Waals surface area (Å²) >= 11 is 0. The van der Waals surface area contributed by atoms with E-state index in [4.69, 9.17) is 14.2 Å². The molecule has 1 saturated heterocycles. The number of ketones is 1. The van der Waals surface area contributed by atoms with E-state index < -0.39 is 11.5 Å². The van der Waals surface area contributed by atoms with Gasteiger partial charge in [-0.15, -0.1) is 0 Å². The molecular formula is C27H23FN2O5. The molecule has 178 valence electrons. The molecule has 35 heavy (non-hydrogen) atoms.